The molecule has 7 atom stereocenters. The Balaban J connectivity index is 1.74. The highest BCUT2D eigenvalue weighted by Gasteiger charge is 2.35. The van der Waals surface area contributed by atoms with Crippen molar-refractivity contribution < 1.29 is 43.2 Å². The summed E-state index contributed by atoms with van der Waals surface area (Å²) >= 11 is 0. The van der Waals surface area contributed by atoms with E-state index in [2.05, 4.69) is 52.8 Å². The minimum Gasteiger partial charge on any atom is -0.370 e. The van der Waals surface area contributed by atoms with Crippen LogP contribution >= 0.6 is 0 Å². The number of amides is 9. The van der Waals surface area contributed by atoms with Gasteiger partial charge in [-0.15, -0.1) is 0 Å². The van der Waals surface area contributed by atoms with Crippen LogP contribution in [0.5, 0.6) is 0 Å². The third-order valence-corrected chi connectivity index (χ3v) is 11.8. The van der Waals surface area contributed by atoms with Crippen molar-refractivity contribution in [2.75, 3.05) is 19.6 Å². The van der Waals surface area contributed by atoms with Crippen molar-refractivity contribution in [1.82, 2.24) is 52.8 Å². The number of benzene rings is 2. The van der Waals surface area contributed by atoms with Crippen LogP contribution in [0.25, 0.3) is 10.9 Å². The van der Waals surface area contributed by atoms with Gasteiger partial charge in [-0.1, -0.05) is 68.3 Å². The third-order valence-electron chi connectivity index (χ3n) is 11.8. The lowest BCUT2D eigenvalue weighted by Gasteiger charge is -2.28. The first kappa shape index (κ1) is 56.0. The van der Waals surface area contributed by atoms with E-state index in [9.17, 15) is 43.2 Å². The number of primary amides is 1. The van der Waals surface area contributed by atoms with Crippen molar-refractivity contribution in [2.24, 2.45) is 17.2 Å². The van der Waals surface area contributed by atoms with Crippen molar-refractivity contribution in [2.45, 2.75) is 133 Å². The maximum atomic E-state index is 14.4. The summed E-state index contributed by atoms with van der Waals surface area (Å²) in [5.41, 5.74) is 19.2. The molecule has 1 aliphatic heterocycles. The van der Waals surface area contributed by atoms with E-state index in [0.717, 1.165) is 10.9 Å². The SMILES string of the molecule is CCCC[C@H](NC(C)=O)C(=O)N[C@H]1CCC(=O)NCC[C@@H](C(=O)NC(Cc2c[nH]c3ccccc23)C(N)=O)NC(=O)[C@H](CCCNC(=N)N)NC(=O)[C@@H](Cc2ccccc2)NC(=O)[C@H](CCCN)NC1=O. The van der Waals surface area contributed by atoms with E-state index >= 15 is 0 Å². The van der Waals surface area contributed by atoms with E-state index in [1.807, 2.05) is 31.2 Å². The Labute approximate surface area is 412 Å². The molecular formula is C48H70N14O9. The van der Waals surface area contributed by atoms with Crippen molar-refractivity contribution in [3.05, 3.63) is 71.9 Å². The van der Waals surface area contributed by atoms with Crippen molar-refractivity contribution in [3.63, 3.8) is 0 Å². The van der Waals surface area contributed by atoms with E-state index in [4.69, 9.17) is 22.6 Å². The summed E-state index contributed by atoms with van der Waals surface area (Å²) < 4.78 is 0. The van der Waals surface area contributed by atoms with E-state index in [1.165, 1.54) is 6.92 Å². The second kappa shape index (κ2) is 28.8. The highest BCUT2D eigenvalue weighted by molar-refractivity contribution is 5.98. The van der Waals surface area contributed by atoms with Crippen LogP contribution in [0, 0.1) is 5.41 Å². The van der Waals surface area contributed by atoms with Gasteiger partial charge in [0.1, 0.15) is 42.3 Å². The average molecular weight is 987 g/mol. The molecule has 3 aromatic rings. The van der Waals surface area contributed by atoms with Gasteiger partial charge in [-0.05, 0) is 68.7 Å². The predicted octanol–water partition coefficient (Wildman–Crippen LogP) is -1.66. The fourth-order valence-electron chi connectivity index (χ4n) is 8.00. The van der Waals surface area contributed by atoms with Crippen LogP contribution in [0.15, 0.2) is 60.8 Å². The fraction of sp³-hybridized carbons (Fsp3) is 0.500. The lowest BCUT2D eigenvalue weighted by atomic mass is 10.0. The Bertz CT molecular complexity index is 2330. The number of hydrogen-bond donors (Lipinski definition) is 14. The van der Waals surface area contributed by atoms with Crippen molar-refractivity contribution in [1.29, 1.82) is 5.41 Å². The van der Waals surface area contributed by atoms with Gasteiger partial charge in [-0.2, -0.15) is 0 Å². The van der Waals surface area contributed by atoms with Gasteiger partial charge in [-0.3, -0.25) is 48.6 Å². The summed E-state index contributed by atoms with van der Waals surface area (Å²) in [5.74, 6) is -7.04. The largest absolute Gasteiger partial charge is 0.370 e. The van der Waals surface area contributed by atoms with Crippen LogP contribution in [0.3, 0.4) is 0 Å². The normalized spacial score (nSPS) is 20.4. The molecule has 1 unspecified atom stereocenters. The lowest BCUT2D eigenvalue weighted by Crippen LogP contribution is -2.60. The summed E-state index contributed by atoms with van der Waals surface area (Å²) in [4.78, 5) is 127. The number of carbonyl (C=O) groups excluding carboxylic acids is 9. The van der Waals surface area contributed by atoms with Gasteiger partial charge in [-0.25, -0.2) is 0 Å². The molecule has 2 heterocycles. The molecule has 0 aliphatic carbocycles. The molecule has 1 fully saturated rings. The zero-order valence-electron chi connectivity index (χ0n) is 40.3. The standard InChI is InChI=1S/C48H70N14O9/c1-3-4-15-33(56-28(2)63)42(66)59-36-19-20-40(64)53-24-21-37(46(70)61-38(41(50)65)26-30-27-55-32-16-9-8-14-31(30)32)60-43(67)35(18-11-23-54-48(51)52)58-47(71)39(25-29-12-6-5-7-13-29)62-44(68)34(17-10-22-49)57-45(36)69/h5-9,12-14,16,27,33-39,55H,3-4,10-11,15,17-26,49H2,1-2H3,(H2,50,65)(H,53,64)(H,56,63)(H,57,69)(H,58,71)(H,59,66)(H,60,67)(H,61,70)(H,62,68)(H4,51,52,54)/t33-,34-,35-,36-,37-,38?,39+/m0/s1. The number of hydrogen-bond acceptors (Lipinski definition) is 11. The first-order valence-corrected chi connectivity index (χ1v) is 24.0. The summed E-state index contributed by atoms with van der Waals surface area (Å²) in [6.07, 6.45) is 2.69. The second-order valence-electron chi connectivity index (χ2n) is 17.5. The average Bonchev–Trinajstić information content (AvgIpc) is 3.74. The number of fused-ring (bicyclic) bond motifs is 1. The highest BCUT2D eigenvalue weighted by atomic mass is 16.2. The Kier molecular flexibility index (Phi) is 22.7. The smallest absolute Gasteiger partial charge is 0.243 e. The van der Waals surface area contributed by atoms with Crippen LogP contribution in [-0.4, -0.2) is 126 Å². The molecule has 0 radical (unpaired) electrons. The molecule has 0 spiro atoms. The summed E-state index contributed by atoms with van der Waals surface area (Å²) in [6, 6.07) is 6.96. The molecule has 17 N–H and O–H groups in total. The molecule has 2 aromatic carbocycles. The van der Waals surface area contributed by atoms with Gasteiger partial charge in [0, 0.05) is 56.4 Å². The summed E-state index contributed by atoms with van der Waals surface area (Å²) in [6.45, 7) is 3.20. The molecule has 0 saturated carbocycles. The topological polar surface area (TPSA) is 380 Å². The minimum atomic E-state index is -1.43. The maximum absolute atomic E-state index is 14.4. The van der Waals surface area contributed by atoms with Gasteiger partial charge in [0.2, 0.25) is 53.2 Å². The number of unbranched alkanes of at least 4 members (excludes halogenated alkanes) is 1. The molecular weight excluding hydrogens is 917 g/mol. The quantitative estimate of drug-likeness (QED) is 0.0344. The number of para-hydroxylation sites is 1. The van der Waals surface area contributed by atoms with E-state index in [1.54, 1.807) is 36.5 Å². The Morgan fingerprint density at radius 1 is 0.775 bits per heavy atom. The van der Waals surface area contributed by atoms with Crippen LogP contribution in [0.2, 0.25) is 0 Å². The minimum absolute atomic E-state index is 0.00986. The number of H-pyrrole nitrogens is 1. The molecule has 0 bridgehead atoms. The number of aromatic nitrogens is 1. The second-order valence-corrected chi connectivity index (χ2v) is 17.5. The van der Waals surface area contributed by atoms with Crippen LogP contribution < -0.4 is 65.1 Å². The first-order valence-electron chi connectivity index (χ1n) is 24.0. The van der Waals surface area contributed by atoms with Crippen molar-refractivity contribution >= 4 is 70.0 Å². The van der Waals surface area contributed by atoms with Crippen molar-refractivity contribution in [3.8, 4) is 0 Å². The number of nitrogens with one attached hydrogen (secondary N) is 11. The monoisotopic (exact) mass is 987 g/mol. The summed E-state index contributed by atoms with van der Waals surface area (Å²) in [7, 11) is 0. The summed E-state index contributed by atoms with van der Waals surface area (Å²) in [5, 5.41) is 32.4. The molecule has 1 aliphatic rings. The Morgan fingerprint density at radius 2 is 1.42 bits per heavy atom. The number of aromatic amines is 1. The van der Waals surface area contributed by atoms with Gasteiger partial charge in [0.15, 0.2) is 5.96 Å². The molecule has 71 heavy (non-hydrogen) atoms. The van der Waals surface area contributed by atoms with E-state index in [0.29, 0.717) is 24.0 Å². The zero-order valence-corrected chi connectivity index (χ0v) is 40.3. The van der Waals surface area contributed by atoms with Gasteiger partial charge < -0.3 is 70.0 Å². The molecule has 23 heteroatoms. The molecule has 1 aromatic heterocycles. The first-order chi connectivity index (χ1) is 34.0. The molecule has 23 nitrogen and oxygen atoms in total. The van der Waals surface area contributed by atoms with Crippen LogP contribution in [0.1, 0.15) is 89.2 Å². The van der Waals surface area contributed by atoms with Gasteiger partial charge >= 0.3 is 0 Å². The predicted molar refractivity (Wildman–Crippen MR) is 264 cm³/mol. The molecule has 4 rings (SSSR count). The Hall–Kier alpha value is -7.56. The van der Waals surface area contributed by atoms with Gasteiger partial charge in [0.05, 0.1) is 0 Å². The van der Waals surface area contributed by atoms with E-state index in [-0.39, 0.29) is 89.8 Å². The third kappa shape index (κ3) is 18.7. The number of guanidine groups is 1. The fourth-order valence-corrected chi connectivity index (χ4v) is 8.00. The van der Waals surface area contributed by atoms with Crippen LogP contribution in [0.4, 0.5) is 0 Å². The number of rotatable bonds is 20. The molecule has 386 valence electrons. The molecule has 1 saturated heterocycles. The van der Waals surface area contributed by atoms with E-state index < -0.39 is 95.5 Å². The number of nitrogens with two attached hydrogens (primary N) is 3. The lowest BCUT2D eigenvalue weighted by molar-refractivity contribution is -0.136. The number of carbonyl (C=O) groups is 9. The zero-order chi connectivity index (χ0) is 51.9. The maximum Gasteiger partial charge on any atom is 0.243 e. The van der Waals surface area contributed by atoms with Gasteiger partial charge in [0.25, 0.3) is 0 Å². The Morgan fingerprint density at radius 3 is 2.10 bits per heavy atom. The van der Waals surface area contributed by atoms with Crippen LogP contribution in [-0.2, 0) is 56.0 Å². The molecule has 9 amide bonds. The highest BCUT2D eigenvalue weighted by Crippen LogP contribution is 2.19.